The molecule has 0 aliphatic carbocycles. The summed E-state index contributed by atoms with van der Waals surface area (Å²) in [7, 11) is 0. The Morgan fingerprint density at radius 1 is 0.704 bits per heavy atom. The van der Waals surface area contributed by atoms with Gasteiger partial charge in [-0.3, -0.25) is 19.3 Å². The molecule has 1 aliphatic rings. The Kier molecular flexibility index (Phi) is 11.6. The first kappa shape index (κ1) is 23.3. The van der Waals surface area contributed by atoms with E-state index in [-0.39, 0.29) is 25.3 Å². The summed E-state index contributed by atoms with van der Waals surface area (Å²) in [6.07, 6.45) is 12.9. The van der Waals surface area contributed by atoms with Gasteiger partial charge in [0, 0.05) is 12.8 Å². The normalized spacial score (nSPS) is 14.3. The smallest absolute Gasteiger partial charge is 0.274 e. The van der Waals surface area contributed by atoms with Crippen LogP contribution in [-0.4, -0.2) is 40.1 Å². The van der Waals surface area contributed by atoms with Crippen molar-refractivity contribution in [1.82, 2.24) is 9.80 Å². The zero-order chi connectivity index (χ0) is 20.1. The molecule has 0 aromatic carbocycles. The van der Waals surface area contributed by atoms with E-state index in [0.29, 0.717) is 17.7 Å². The summed E-state index contributed by atoms with van der Waals surface area (Å²) < 4.78 is 0. The molecule has 0 unspecified atom stereocenters. The van der Waals surface area contributed by atoms with E-state index in [1.54, 1.807) is 0 Å². The van der Waals surface area contributed by atoms with Crippen LogP contribution in [0.4, 0.5) is 4.79 Å². The summed E-state index contributed by atoms with van der Waals surface area (Å²) in [6, 6.07) is -0.757. The van der Waals surface area contributed by atoms with Crippen LogP contribution in [0, 0.1) is 0 Å². The van der Waals surface area contributed by atoms with Crippen LogP contribution in [0.25, 0.3) is 0 Å². The molecule has 0 bridgehead atoms. The minimum absolute atomic E-state index is 0.184. The molecule has 1 rings (SSSR count). The Balaban J connectivity index is 2.34. The van der Waals surface area contributed by atoms with Gasteiger partial charge in [-0.05, 0) is 12.8 Å². The summed E-state index contributed by atoms with van der Waals surface area (Å²) in [6.45, 7) is 4.00. The van der Waals surface area contributed by atoms with Gasteiger partial charge >= 0.3 is 6.03 Å². The first-order valence-corrected chi connectivity index (χ1v) is 10.7. The zero-order valence-corrected chi connectivity index (χ0v) is 17.1. The van der Waals surface area contributed by atoms with E-state index in [1.807, 2.05) is 0 Å². The van der Waals surface area contributed by atoms with Crippen molar-refractivity contribution in [3.63, 3.8) is 0 Å². The van der Waals surface area contributed by atoms with Crippen molar-refractivity contribution in [2.24, 2.45) is 0 Å². The Morgan fingerprint density at radius 2 is 1.15 bits per heavy atom. The standard InChI is InChI=1S/C21H36N2O4/c1-3-5-7-9-11-13-15-18(24)22-17-20(26)23(21(22)27)19(25)16-14-12-10-8-6-4-2/h3-17H2,1-2H3. The van der Waals surface area contributed by atoms with Gasteiger partial charge in [-0.2, -0.15) is 4.90 Å². The van der Waals surface area contributed by atoms with Gasteiger partial charge in [0.05, 0.1) is 0 Å². The molecule has 1 heterocycles. The molecule has 0 N–H and O–H groups in total. The van der Waals surface area contributed by atoms with E-state index in [9.17, 15) is 19.2 Å². The lowest BCUT2D eigenvalue weighted by Gasteiger charge is -2.14. The second-order valence-electron chi connectivity index (χ2n) is 7.42. The van der Waals surface area contributed by atoms with E-state index < -0.39 is 17.8 Å². The number of hydrogen-bond donors (Lipinski definition) is 0. The van der Waals surface area contributed by atoms with Gasteiger partial charge in [-0.25, -0.2) is 4.79 Å². The quantitative estimate of drug-likeness (QED) is 0.320. The van der Waals surface area contributed by atoms with Crippen LogP contribution in [-0.2, 0) is 14.4 Å². The Hall–Kier alpha value is -1.72. The zero-order valence-electron chi connectivity index (χ0n) is 17.1. The lowest BCUT2D eigenvalue weighted by molar-refractivity contribution is -0.138. The van der Waals surface area contributed by atoms with Gasteiger partial charge in [0.15, 0.2) is 0 Å². The van der Waals surface area contributed by atoms with E-state index in [0.717, 1.165) is 49.8 Å². The molecule has 0 atom stereocenters. The second-order valence-corrected chi connectivity index (χ2v) is 7.42. The Labute approximate surface area is 163 Å². The van der Waals surface area contributed by atoms with E-state index >= 15 is 0 Å². The highest BCUT2D eigenvalue weighted by Gasteiger charge is 2.42. The maximum absolute atomic E-state index is 12.3. The number of unbranched alkanes of at least 4 members (excludes halogenated alkanes) is 10. The highest BCUT2D eigenvalue weighted by atomic mass is 16.2. The van der Waals surface area contributed by atoms with Crippen molar-refractivity contribution in [3.05, 3.63) is 0 Å². The van der Waals surface area contributed by atoms with Gasteiger partial charge in [-0.1, -0.05) is 78.1 Å². The molecule has 0 spiro atoms. The van der Waals surface area contributed by atoms with E-state index in [4.69, 9.17) is 0 Å². The summed E-state index contributed by atoms with van der Waals surface area (Å²) >= 11 is 0. The van der Waals surface area contributed by atoms with Gasteiger partial charge < -0.3 is 0 Å². The van der Waals surface area contributed by atoms with Crippen LogP contribution >= 0.6 is 0 Å². The van der Waals surface area contributed by atoms with E-state index in [1.165, 1.54) is 19.3 Å². The maximum atomic E-state index is 12.3. The van der Waals surface area contributed by atoms with Crippen molar-refractivity contribution >= 4 is 23.8 Å². The molecule has 1 fully saturated rings. The molecule has 5 amide bonds. The Morgan fingerprint density at radius 3 is 1.67 bits per heavy atom. The molecule has 27 heavy (non-hydrogen) atoms. The Bertz CT molecular complexity index is 504. The first-order valence-electron chi connectivity index (χ1n) is 10.7. The van der Waals surface area contributed by atoms with Crippen LogP contribution in [0.1, 0.15) is 104 Å². The molecule has 6 nitrogen and oxygen atoms in total. The van der Waals surface area contributed by atoms with Crippen LogP contribution < -0.4 is 0 Å². The van der Waals surface area contributed by atoms with Crippen LogP contribution in [0.5, 0.6) is 0 Å². The third-order valence-corrected chi connectivity index (χ3v) is 5.00. The number of hydrogen-bond acceptors (Lipinski definition) is 4. The summed E-state index contributed by atoms with van der Waals surface area (Å²) in [5.41, 5.74) is 0. The van der Waals surface area contributed by atoms with Crippen molar-refractivity contribution in [3.8, 4) is 0 Å². The molecule has 0 aromatic rings. The molecule has 1 aliphatic heterocycles. The largest absolute Gasteiger partial charge is 0.340 e. The highest BCUT2D eigenvalue weighted by Crippen LogP contribution is 2.17. The summed E-state index contributed by atoms with van der Waals surface area (Å²) in [4.78, 5) is 50.5. The number of amides is 5. The van der Waals surface area contributed by atoms with Gasteiger partial charge in [-0.15, -0.1) is 0 Å². The summed E-state index contributed by atoms with van der Waals surface area (Å²) in [5, 5.41) is 0. The monoisotopic (exact) mass is 380 g/mol. The van der Waals surface area contributed by atoms with Crippen molar-refractivity contribution in [2.75, 3.05) is 6.54 Å². The van der Waals surface area contributed by atoms with Gasteiger partial charge in [0.25, 0.3) is 5.91 Å². The fraction of sp³-hybridized carbons (Fsp3) is 0.810. The fourth-order valence-electron chi connectivity index (χ4n) is 3.30. The molecule has 0 aromatic heterocycles. The minimum Gasteiger partial charge on any atom is -0.274 e. The van der Waals surface area contributed by atoms with Gasteiger partial charge in [0.2, 0.25) is 11.8 Å². The fourth-order valence-corrected chi connectivity index (χ4v) is 3.30. The van der Waals surface area contributed by atoms with Crippen molar-refractivity contribution in [2.45, 2.75) is 104 Å². The predicted molar refractivity (Wildman–Crippen MR) is 105 cm³/mol. The topological polar surface area (TPSA) is 74.8 Å². The molecule has 154 valence electrons. The molecule has 0 radical (unpaired) electrons. The number of nitrogens with zero attached hydrogens (tertiary/aromatic N) is 2. The number of imide groups is 4. The maximum Gasteiger partial charge on any atom is 0.340 e. The molecule has 1 saturated heterocycles. The average molecular weight is 381 g/mol. The van der Waals surface area contributed by atoms with Crippen LogP contribution in [0.2, 0.25) is 0 Å². The SMILES string of the molecule is CCCCCCCCC(=O)N1CC(=O)N(C(=O)CCCCCCCC)C1=O. The molecule has 6 heteroatoms. The lowest BCUT2D eigenvalue weighted by atomic mass is 10.1. The second kappa shape index (κ2) is 13.4. The van der Waals surface area contributed by atoms with Crippen molar-refractivity contribution < 1.29 is 19.2 Å². The van der Waals surface area contributed by atoms with Gasteiger partial charge in [0.1, 0.15) is 6.54 Å². The van der Waals surface area contributed by atoms with Crippen LogP contribution in [0.15, 0.2) is 0 Å². The number of rotatable bonds is 14. The lowest BCUT2D eigenvalue weighted by Crippen LogP contribution is -2.39. The van der Waals surface area contributed by atoms with Crippen LogP contribution in [0.3, 0.4) is 0 Å². The predicted octanol–water partition coefficient (Wildman–Crippen LogP) is 4.81. The number of urea groups is 1. The average Bonchev–Trinajstić information content (AvgIpc) is 2.95. The first-order chi connectivity index (χ1) is 13.0. The van der Waals surface area contributed by atoms with E-state index in [2.05, 4.69) is 13.8 Å². The molecule has 0 saturated carbocycles. The van der Waals surface area contributed by atoms with Crippen molar-refractivity contribution in [1.29, 1.82) is 0 Å². The third-order valence-electron chi connectivity index (χ3n) is 5.00. The number of carbonyl (C=O) groups is 4. The minimum atomic E-state index is -0.757. The number of carbonyl (C=O) groups excluding carboxylic acids is 4. The molecular weight excluding hydrogens is 344 g/mol. The summed E-state index contributed by atoms with van der Waals surface area (Å²) in [5.74, 6) is -1.40. The highest BCUT2D eigenvalue weighted by molar-refractivity contribution is 6.19. The third kappa shape index (κ3) is 8.22. The molecular formula is C21H36N2O4.